The highest BCUT2D eigenvalue weighted by molar-refractivity contribution is 5.97. The van der Waals surface area contributed by atoms with E-state index < -0.39 is 11.6 Å². The number of benzene rings is 2. The van der Waals surface area contributed by atoms with Crippen LogP contribution < -0.4 is 10.1 Å². The fraction of sp³-hybridized carbons (Fsp3) is 0.385. The van der Waals surface area contributed by atoms with Gasteiger partial charge in [-0.25, -0.2) is 0 Å². The first kappa shape index (κ1) is 24.0. The Morgan fingerprint density at radius 3 is 2.32 bits per heavy atom. The van der Waals surface area contributed by atoms with Crippen LogP contribution in [0.2, 0.25) is 0 Å². The summed E-state index contributed by atoms with van der Waals surface area (Å²) >= 11 is 0. The Morgan fingerprint density at radius 2 is 1.77 bits per heavy atom. The molecule has 164 valence electrons. The third-order valence-corrected chi connectivity index (χ3v) is 4.97. The highest BCUT2D eigenvalue weighted by Crippen LogP contribution is 2.31. The van der Waals surface area contributed by atoms with E-state index in [1.807, 2.05) is 25.1 Å². The normalized spacial score (nSPS) is 12.0. The number of hydrogen-bond donors (Lipinski definition) is 2. The molecule has 0 saturated carbocycles. The van der Waals surface area contributed by atoms with E-state index in [-0.39, 0.29) is 24.2 Å². The first-order valence-corrected chi connectivity index (χ1v) is 10.4. The fourth-order valence-electron chi connectivity index (χ4n) is 3.21. The molecule has 0 spiro atoms. The number of ether oxygens (including phenoxy) is 1. The highest BCUT2D eigenvalue weighted by atomic mass is 16.5. The van der Waals surface area contributed by atoms with E-state index in [2.05, 4.69) is 31.0 Å². The molecule has 5 nitrogen and oxygen atoms in total. The first-order valence-electron chi connectivity index (χ1n) is 10.4. The van der Waals surface area contributed by atoms with E-state index in [0.717, 1.165) is 16.7 Å². The maximum Gasteiger partial charge on any atom is 0.304 e. The monoisotopic (exact) mass is 421 g/mol. The molecule has 0 radical (unpaired) electrons. The number of carbonyl (C=O) groups excluding carboxylic acids is 1. The van der Waals surface area contributed by atoms with Crippen molar-refractivity contribution in [1.82, 2.24) is 0 Å². The van der Waals surface area contributed by atoms with Crippen LogP contribution in [-0.2, 0) is 9.59 Å². The Kier molecular flexibility index (Phi) is 7.88. The minimum absolute atomic E-state index is 0.0674. The lowest BCUT2D eigenvalue weighted by Gasteiger charge is -2.27. The number of rotatable bonds is 8. The van der Waals surface area contributed by atoms with E-state index in [9.17, 15) is 9.59 Å². The number of nitrogens with one attached hydrogen (secondary N) is 1. The van der Waals surface area contributed by atoms with Crippen LogP contribution in [0.5, 0.6) is 5.75 Å². The predicted octanol–water partition coefficient (Wildman–Crippen LogP) is 5.50. The van der Waals surface area contributed by atoms with Crippen molar-refractivity contribution in [2.75, 3.05) is 5.32 Å². The average molecular weight is 422 g/mol. The molecule has 1 amide bonds. The van der Waals surface area contributed by atoms with Gasteiger partial charge in [-0.15, -0.1) is 5.92 Å². The molecule has 2 rings (SSSR count). The molecule has 2 aromatic carbocycles. The van der Waals surface area contributed by atoms with Crippen LogP contribution in [0.15, 0.2) is 42.5 Å². The zero-order valence-corrected chi connectivity index (χ0v) is 19.1. The Morgan fingerprint density at radius 1 is 1.13 bits per heavy atom. The Labute approximate surface area is 184 Å². The number of carboxylic acid groups (broad SMARTS) is 1. The van der Waals surface area contributed by atoms with Gasteiger partial charge in [-0.1, -0.05) is 44.0 Å². The van der Waals surface area contributed by atoms with E-state index in [0.29, 0.717) is 11.4 Å². The number of aryl methyl sites for hydroxylation is 1. The average Bonchev–Trinajstić information content (AvgIpc) is 2.67. The third-order valence-electron chi connectivity index (χ3n) is 4.97. The highest BCUT2D eigenvalue weighted by Gasteiger charge is 2.31. The van der Waals surface area contributed by atoms with Crippen molar-refractivity contribution >= 4 is 17.6 Å². The number of aliphatic carboxylic acids is 1. The van der Waals surface area contributed by atoms with Crippen molar-refractivity contribution in [3.8, 4) is 17.6 Å². The molecule has 2 aromatic rings. The molecule has 0 fully saturated rings. The van der Waals surface area contributed by atoms with Gasteiger partial charge in [0.15, 0.2) is 5.60 Å². The summed E-state index contributed by atoms with van der Waals surface area (Å²) in [6, 6.07) is 13.1. The van der Waals surface area contributed by atoms with Gasteiger partial charge in [0.2, 0.25) is 0 Å². The molecule has 0 heterocycles. The maximum atomic E-state index is 12.9. The van der Waals surface area contributed by atoms with Gasteiger partial charge in [0.25, 0.3) is 5.91 Å². The van der Waals surface area contributed by atoms with Gasteiger partial charge in [0.1, 0.15) is 5.75 Å². The predicted molar refractivity (Wildman–Crippen MR) is 123 cm³/mol. The van der Waals surface area contributed by atoms with Crippen molar-refractivity contribution in [1.29, 1.82) is 0 Å². The molecule has 0 saturated heterocycles. The molecular weight excluding hydrogens is 390 g/mol. The lowest BCUT2D eigenvalue weighted by molar-refractivity contribution is -0.137. The molecule has 0 aliphatic heterocycles. The second kappa shape index (κ2) is 10.2. The largest absolute Gasteiger partial charge is 0.481 e. The Bertz CT molecular complexity index is 994. The molecule has 31 heavy (non-hydrogen) atoms. The van der Waals surface area contributed by atoms with Crippen molar-refractivity contribution < 1.29 is 19.4 Å². The molecule has 2 N–H and O–H groups in total. The van der Waals surface area contributed by atoms with Crippen molar-refractivity contribution in [2.45, 2.75) is 65.4 Å². The minimum Gasteiger partial charge on any atom is -0.481 e. The number of carbonyl (C=O) groups is 2. The van der Waals surface area contributed by atoms with Crippen LogP contribution in [0.3, 0.4) is 0 Å². The maximum absolute atomic E-state index is 12.9. The minimum atomic E-state index is -1.09. The standard InChI is InChI=1S/C26H31NO4/c1-7-8-20(16-24(28)29)19-10-12-21(13-11-19)27-25(30)26(5,6)31-23-15-18(4)9-14-22(23)17(2)3/h9-15,17,20H,16H2,1-6H3,(H,27,30)(H,28,29). The molecule has 1 atom stereocenters. The molecule has 1 unspecified atom stereocenters. The van der Waals surface area contributed by atoms with Crippen LogP contribution in [0.1, 0.15) is 69.6 Å². The summed E-state index contributed by atoms with van der Waals surface area (Å²) in [5.74, 6) is 5.12. The van der Waals surface area contributed by atoms with E-state index in [1.165, 1.54) is 0 Å². The topological polar surface area (TPSA) is 75.6 Å². The van der Waals surface area contributed by atoms with Gasteiger partial charge in [-0.3, -0.25) is 9.59 Å². The van der Waals surface area contributed by atoms with E-state index >= 15 is 0 Å². The van der Waals surface area contributed by atoms with E-state index in [4.69, 9.17) is 9.84 Å². The summed E-state index contributed by atoms with van der Waals surface area (Å²) in [6.07, 6.45) is -0.0674. The van der Waals surface area contributed by atoms with Crippen LogP contribution in [0.4, 0.5) is 5.69 Å². The second-order valence-corrected chi connectivity index (χ2v) is 8.43. The molecular formula is C26H31NO4. The van der Waals surface area contributed by atoms with Crippen LogP contribution in [0.25, 0.3) is 0 Å². The van der Waals surface area contributed by atoms with Crippen LogP contribution in [0, 0.1) is 18.8 Å². The number of hydrogen-bond acceptors (Lipinski definition) is 3. The van der Waals surface area contributed by atoms with Crippen molar-refractivity contribution in [3.63, 3.8) is 0 Å². The van der Waals surface area contributed by atoms with Gasteiger partial charge in [-0.05, 0) is 68.5 Å². The zero-order valence-electron chi connectivity index (χ0n) is 19.1. The van der Waals surface area contributed by atoms with Gasteiger partial charge in [0, 0.05) is 5.69 Å². The van der Waals surface area contributed by atoms with Gasteiger partial charge in [-0.2, -0.15) is 0 Å². The summed E-state index contributed by atoms with van der Waals surface area (Å²) in [7, 11) is 0. The Hall–Kier alpha value is -3.26. The summed E-state index contributed by atoms with van der Waals surface area (Å²) < 4.78 is 6.15. The van der Waals surface area contributed by atoms with Crippen molar-refractivity contribution in [2.24, 2.45) is 0 Å². The summed E-state index contributed by atoms with van der Waals surface area (Å²) in [5, 5.41) is 12.0. The number of anilines is 1. The Balaban J connectivity index is 2.16. The molecule has 0 aliphatic rings. The summed E-state index contributed by atoms with van der Waals surface area (Å²) in [4.78, 5) is 24.0. The lowest BCUT2D eigenvalue weighted by Crippen LogP contribution is -2.42. The summed E-state index contributed by atoms with van der Waals surface area (Å²) in [6.45, 7) is 11.3. The fourth-order valence-corrected chi connectivity index (χ4v) is 3.21. The van der Waals surface area contributed by atoms with Gasteiger partial charge in [0.05, 0.1) is 12.3 Å². The second-order valence-electron chi connectivity index (χ2n) is 8.43. The van der Waals surface area contributed by atoms with Gasteiger partial charge < -0.3 is 15.2 Å². The van der Waals surface area contributed by atoms with E-state index in [1.54, 1.807) is 45.0 Å². The molecule has 0 bridgehead atoms. The SMILES string of the molecule is CC#CC(CC(=O)O)c1ccc(NC(=O)C(C)(C)Oc2cc(C)ccc2C(C)C)cc1. The summed E-state index contributed by atoms with van der Waals surface area (Å²) in [5.41, 5.74) is 2.44. The quantitative estimate of drug-likeness (QED) is 0.552. The number of amides is 1. The van der Waals surface area contributed by atoms with Crippen LogP contribution >= 0.6 is 0 Å². The zero-order chi connectivity index (χ0) is 23.2. The van der Waals surface area contributed by atoms with Gasteiger partial charge >= 0.3 is 5.97 Å². The molecule has 0 aromatic heterocycles. The molecule has 0 aliphatic carbocycles. The smallest absolute Gasteiger partial charge is 0.304 e. The number of carboxylic acids is 1. The van der Waals surface area contributed by atoms with Crippen molar-refractivity contribution in [3.05, 3.63) is 59.2 Å². The first-order chi connectivity index (χ1) is 14.5. The molecule has 5 heteroatoms. The lowest BCUT2D eigenvalue weighted by atomic mass is 9.96. The third kappa shape index (κ3) is 6.62. The van der Waals surface area contributed by atoms with Crippen LogP contribution in [-0.4, -0.2) is 22.6 Å².